The molecule has 0 aliphatic carbocycles. The minimum absolute atomic E-state index is 0.219. The highest BCUT2D eigenvalue weighted by atomic mass is 79.9. The molecule has 1 rings (SSSR count). The van der Waals surface area contributed by atoms with E-state index in [4.69, 9.17) is 5.11 Å². The summed E-state index contributed by atoms with van der Waals surface area (Å²) in [5.74, 6) is -2.53. The lowest BCUT2D eigenvalue weighted by Gasteiger charge is -2.20. The molecular formula is C13H11BrF3NO3. The van der Waals surface area contributed by atoms with Crippen LogP contribution in [0.5, 0.6) is 0 Å². The van der Waals surface area contributed by atoms with Crippen LogP contribution >= 0.6 is 15.9 Å². The molecule has 0 aliphatic heterocycles. The second-order valence-electron chi connectivity index (χ2n) is 4.09. The molecule has 0 bridgehead atoms. The van der Waals surface area contributed by atoms with Crippen LogP contribution in [0.4, 0.5) is 13.2 Å². The molecule has 114 valence electrons. The number of amides is 1. The maximum atomic E-state index is 12.3. The molecular weight excluding hydrogens is 355 g/mol. The zero-order valence-electron chi connectivity index (χ0n) is 10.6. The Hall–Kier alpha value is -1.83. The van der Waals surface area contributed by atoms with Crippen molar-refractivity contribution in [3.8, 4) is 0 Å². The first-order chi connectivity index (χ1) is 9.67. The van der Waals surface area contributed by atoms with Crippen LogP contribution in [0.2, 0.25) is 0 Å². The summed E-state index contributed by atoms with van der Waals surface area (Å²) in [7, 11) is 0. The van der Waals surface area contributed by atoms with Gasteiger partial charge < -0.3 is 10.0 Å². The number of carboxylic acids is 1. The Morgan fingerprint density at radius 3 is 2.52 bits per heavy atom. The first kappa shape index (κ1) is 17.2. The molecule has 1 aromatic rings. The molecule has 0 atom stereocenters. The maximum absolute atomic E-state index is 12.3. The number of carboxylic acid groups (broad SMARTS) is 1. The number of hydrogen-bond acceptors (Lipinski definition) is 2. The second-order valence-corrected chi connectivity index (χ2v) is 5.01. The van der Waals surface area contributed by atoms with Gasteiger partial charge in [0.25, 0.3) is 0 Å². The summed E-state index contributed by atoms with van der Waals surface area (Å²) in [5.41, 5.74) is 0.597. The van der Waals surface area contributed by atoms with Crippen LogP contribution < -0.4 is 0 Å². The van der Waals surface area contributed by atoms with E-state index >= 15 is 0 Å². The van der Waals surface area contributed by atoms with E-state index in [9.17, 15) is 22.8 Å². The van der Waals surface area contributed by atoms with Crippen LogP contribution in [0, 0.1) is 0 Å². The average Bonchev–Trinajstić information content (AvgIpc) is 2.33. The van der Waals surface area contributed by atoms with E-state index in [2.05, 4.69) is 15.9 Å². The van der Waals surface area contributed by atoms with Gasteiger partial charge in [0.2, 0.25) is 5.91 Å². The Labute approximate surface area is 127 Å². The lowest BCUT2D eigenvalue weighted by atomic mass is 10.2. The monoisotopic (exact) mass is 365 g/mol. The molecule has 0 fully saturated rings. The molecule has 8 heteroatoms. The fraction of sp³-hybridized carbons (Fsp3) is 0.231. The van der Waals surface area contributed by atoms with Crippen molar-refractivity contribution in [3.63, 3.8) is 0 Å². The number of rotatable bonds is 5. The van der Waals surface area contributed by atoms with Crippen molar-refractivity contribution in [2.24, 2.45) is 0 Å². The van der Waals surface area contributed by atoms with Crippen molar-refractivity contribution in [1.82, 2.24) is 4.90 Å². The van der Waals surface area contributed by atoms with Crippen molar-refractivity contribution >= 4 is 33.9 Å². The Balaban J connectivity index is 2.82. The molecule has 0 spiro atoms. The molecule has 1 aromatic carbocycles. The summed E-state index contributed by atoms with van der Waals surface area (Å²) >= 11 is 3.21. The summed E-state index contributed by atoms with van der Waals surface area (Å²) in [4.78, 5) is 22.4. The molecule has 21 heavy (non-hydrogen) atoms. The largest absolute Gasteiger partial charge is 0.480 e. The van der Waals surface area contributed by atoms with Crippen molar-refractivity contribution in [1.29, 1.82) is 0 Å². The van der Waals surface area contributed by atoms with E-state index in [0.29, 0.717) is 5.56 Å². The smallest absolute Gasteiger partial charge is 0.406 e. The van der Waals surface area contributed by atoms with Gasteiger partial charge in [-0.1, -0.05) is 28.1 Å². The molecule has 0 radical (unpaired) electrons. The van der Waals surface area contributed by atoms with Crippen LogP contribution in [0.15, 0.2) is 34.8 Å². The molecule has 0 unspecified atom stereocenters. The van der Waals surface area contributed by atoms with Gasteiger partial charge in [0.15, 0.2) is 0 Å². The molecule has 1 amide bonds. The standard InChI is InChI=1S/C13H11BrF3NO3/c14-10-3-1-2-9(6-10)4-5-11(19)18(7-12(20)21)8-13(15,16)17/h1-6H,7-8H2,(H,20,21). The first-order valence-electron chi connectivity index (χ1n) is 5.68. The van der Waals surface area contributed by atoms with Gasteiger partial charge in [0.1, 0.15) is 13.1 Å². The Morgan fingerprint density at radius 1 is 1.33 bits per heavy atom. The molecule has 0 aliphatic rings. The van der Waals surface area contributed by atoms with E-state index in [1.807, 2.05) is 0 Å². The highest BCUT2D eigenvalue weighted by molar-refractivity contribution is 9.10. The van der Waals surface area contributed by atoms with E-state index < -0.39 is 31.1 Å². The number of hydrogen-bond donors (Lipinski definition) is 1. The first-order valence-corrected chi connectivity index (χ1v) is 6.48. The number of nitrogens with zero attached hydrogens (tertiary/aromatic N) is 1. The summed E-state index contributed by atoms with van der Waals surface area (Å²) in [6.07, 6.45) is -2.43. The summed E-state index contributed by atoms with van der Waals surface area (Å²) in [5, 5.41) is 8.56. The van der Waals surface area contributed by atoms with E-state index in [0.717, 1.165) is 10.5 Å². The number of carbonyl (C=O) groups is 2. The number of carbonyl (C=O) groups excluding carboxylic acids is 1. The van der Waals surface area contributed by atoms with Crippen LogP contribution in [-0.2, 0) is 9.59 Å². The fourth-order valence-electron chi connectivity index (χ4n) is 1.47. The summed E-state index contributed by atoms with van der Waals surface area (Å²) in [6, 6.07) is 6.76. The third-order valence-corrected chi connectivity index (χ3v) is 2.77. The minimum Gasteiger partial charge on any atom is -0.480 e. The summed E-state index contributed by atoms with van der Waals surface area (Å²) < 4.78 is 37.7. The average molecular weight is 366 g/mol. The van der Waals surface area contributed by atoms with Crippen LogP contribution in [0.3, 0.4) is 0 Å². The van der Waals surface area contributed by atoms with Gasteiger partial charge in [0.05, 0.1) is 0 Å². The fourth-order valence-corrected chi connectivity index (χ4v) is 1.89. The van der Waals surface area contributed by atoms with E-state index in [1.54, 1.807) is 24.3 Å². The third-order valence-electron chi connectivity index (χ3n) is 2.27. The van der Waals surface area contributed by atoms with Crippen molar-refractivity contribution in [3.05, 3.63) is 40.4 Å². The van der Waals surface area contributed by atoms with Crippen molar-refractivity contribution in [2.75, 3.05) is 13.1 Å². The maximum Gasteiger partial charge on any atom is 0.406 e. The molecule has 0 saturated heterocycles. The number of aliphatic carboxylic acids is 1. The minimum atomic E-state index is -4.66. The Bertz CT molecular complexity index is 558. The van der Waals surface area contributed by atoms with Crippen LogP contribution in [-0.4, -0.2) is 41.1 Å². The molecule has 0 saturated carbocycles. The van der Waals surface area contributed by atoms with Gasteiger partial charge in [-0.05, 0) is 23.8 Å². The topological polar surface area (TPSA) is 57.6 Å². The zero-order valence-corrected chi connectivity index (χ0v) is 12.2. The van der Waals surface area contributed by atoms with Crippen LogP contribution in [0.1, 0.15) is 5.56 Å². The number of halogens is 4. The quantitative estimate of drug-likeness (QED) is 0.816. The van der Waals surface area contributed by atoms with Gasteiger partial charge in [-0.25, -0.2) is 0 Å². The highest BCUT2D eigenvalue weighted by Crippen LogP contribution is 2.17. The predicted molar refractivity (Wildman–Crippen MR) is 73.4 cm³/mol. The number of benzene rings is 1. The Kier molecular flexibility index (Phi) is 5.95. The van der Waals surface area contributed by atoms with E-state index in [-0.39, 0.29) is 4.90 Å². The highest BCUT2D eigenvalue weighted by Gasteiger charge is 2.33. The van der Waals surface area contributed by atoms with Gasteiger partial charge >= 0.3 is 12.1 Å². The number of alkyl halides is 3. The third kappa shape index (κ3) is 6.94. The normalized spacial score (nSPS) is 11.6. The second kappa shape index (κ2) is 7.26. The van der Waals surface area contributed by atoms with Gasteiger partial charge in [0, 0.05) is 10.5 Å². The van der Waals surface area contributed by atoms with Crippen molar-refractivity contribution in [2.45, 2.75) is 6.18 Å². The lowest BCUT2D eigenvalue weighted by Crippen LogP contribution is -2.41. The van der Waals surface area contributed by atoms with Gasteiger partial charge in [-0.3, -0.25) is 9.59 Å². The predicted octanol–water partition coefficient (Wildman–Crippen LogP) is 2.94. The van der Waals surface area contributed by atoms with Crippen LogP contribution in [0.25, 0.3) is 6.08 Å². The van der Waals surface area contributed by atoms with E-state index in [1.165, 1.54) is 6.08 Å². The lowest BCUT2D eigenvalue weighted by molar-refractivity contribution is -0.163. The molecule has 4 nitrogen and oxygen atoms in total. The van der Waals surface area contributed by atoms with Gasteiger partial charge in [-0.15, -0.1) is 0 Å². The molecule has 0 heterocycles. The molecule has 1 N–H and O–H groups in total. The Morgan fingerprint density at radius 2 is 2.00 bits per heavy atom. The SMILES string of the molecule is O=C(O)CN(CC(F)(F)F)C(=O)C=Cc1cccc(Br)c1. The van der Waals surface area contributed by atoms with Crippen molar-refractivity contribution < 1.29 is 27.9 Å². The zero-order chi connectivity index (χ0) is 16.0. The molecule has 0 aromatic heterocycles. The summed E-state index contributed by atoms with van der Waals surface area (Å²) in [6.45, 7) is -2.62. The van der Waals surface area contributed by atoms with Gasteiger partial charge in [-0.2, -0.15) is 13.2 Å².